The van der Waals surface area contributed by atoms with E-state index in [1.165, 1.54) is 86.2 Å². The molecule has 0 aliphatic rings. The van der Waals surface area contributed by atoms with E-state index in [0.717, 1.165) is 0 Å². The zero-order chi connectivity index (χ0) is 20.6. The maximum Gasteiger partial charge on any atom is -0.000784 e. The van der Waals surface area contributed by atoms with Gasteiger partial charge in [-0.05, 0) is 104 Å². The fraction of sp³-hybridized carbons (Fsp3) is 0. The van der Waals surface area contributed by atoms with Gasteiger partial charge in [0.2, 0.25) is 0 Å². The van der Waals surface area contributed by atoms with E-state index in [1.54, 1.807) is 0 Å². The first-order valence-corrected chi connectivity index (χ1v) is 11.3. The first-order valence-electron chi connectivity index (χ1n) is 11.3. The van der Waals surface area contributed by atoms with E-state index in [0.29, 0.717) is 0 Å². The van der Waals surface area contributed by atoms with Crippen LogP contribution in [0.4, 0.5) is 0 Å². The summed E-state index contributed by atoms with van der Waals surface area (Å²) in [4.78, 5) is 0. The second kappa shape index (κ2) is 5.00. The lowest BCUT2D eigenvalue weighted by atomic mass is 9.81. The fourth-order valence-corrected chi connectivity index (χ4v) is 6.59. The van der Waals surface area contributed by atoms with Crippen molar-refractivity contribution in [3.05, 3.63) is 97.1 Å². The topological polar surface area (TPSA) is 0 Å². The van der Waals surface area contributed by atoms with Crippen molar-refractivity contribution in [1.82, 2.24) is 0 Å². The highest BCUT2D eigenvalue weighted by atomic mass is 14.2. The summed E-state index contributed by atoms with van der Waals surface area (Å²) in [5, 5.41) is 22.0. The van der Waals surface area contributed by atoms with Crippen molar-refractivity contribution in [1.29, 1.82) is 0 Å². The molecule has 9 aromatic carbocycles. The molecule has 0 aromatic heterocycles. The molecule has 0 amide bonds. The first-order chi connectivity index (χ1) is 15.9. The van der Waals surface area contributed by atoms with Crippen molar-refractivity contribution in [2.24, 2.45) is 0 Å². The van der Waals surface area contributed by atoms with Crippen molar-refractivity contribution in [3.8, 4) is 0 Å². The monoisotopic (exact) mass is 400 g/mol. The van der Waals surface area contributed by atoms with Crippen LogP contribution in [0, 0.1) is 0 Å². The molecule has 0 radical (unpaired) electrons. The molecule has 32 heavy (non-hydrogen) atoms. The van der Waals surface area contributed by atoms with Gasteiger partial charge in [0.1, 0.15) is 0 Å². The highest BCUT2D eigenvalue weighted by Gasteiger charge is 2.21. The van der Waals surface area contributed by atoms with Gasteiger partial charge in [0, 0.05) is 0 Å². The number of benzene rings is 9. The Morgan fingerprint density at radius 2 is 0.781 bits per heavy atom. The van der Waals surface area contributed by atoms with Crippen molar-refractivity contribution in [2.45, 2.75) is 0 Å². The Balaban J connectivity index is 1.73. The molecule has 0 aliphatic heterocycles. The summed E-state index contributed by atoms with van der Waals surface area (Å²) < 4.78 is 0. The molecule has 0 heteroatoms. The van der Waals surface area contributed by atoms with Crippen LogP contribution in [0.2, 0.25) is 0 Å². The summed E-state index contributed by atoms with van der Waals surface area (Å²) in [5.41, 5.74) is 0. The van der Waals surface area contributed by atoms with E-state index >= 15 is 0 Å². The minimum atomic E-state index is 1.31. The van der Waals surface area contributed by atoms with Crippen LogP contribution in [-0.2, 0) is 0 Å². The Bertz CT molecular complexity index is 2180. The van der Waals surface area contributed by atoms with Crippen molar-refractivity contribution in [2.75, 3.05) is 0 Å². The minimum absolute atomic E-state index is 1.31. The second-order valence-electron chi connectivity index (χ2n) is 9.31. The molecule has 144 valence electrons. The number of hydrogen-bond acceptors (Lipinski definition) is 0. The molecular weight excluding hydrogens is 384 g/mol. The molecule has 0 saturated heterocycles. The lowest BCUT2D eigenvalue weighted by Crippen LogP contribution is -1.93. The van der Waals surface area contributed by atoms with E-state index in [-0.39, 0.29) is 0 Å². The molecule has 0 bridgehead atoms. The average molecular weight is 400 g/mol. The van der Waals surface area contributed by atoms with Gasteiger partial charge in [-0.2, -0.15) is 0 Å². The van der Waals surface area contributed by atoms with Crippen LogP contribution in [0.25, 0.3) is 86.2 Å². The number of hydrogen-bond donors (Lipinski definition) is 0. The lowest BCUT2D eigenvalue weighted by Gasteiger charge is -2.21. The zero-order valence-corrected chi connectivity index (χ0v) is 17.2. The summed E-state index contributed by atoms with van der Waals surface area (Å²) in [7, 11) is 0. The largest absolute Gasteiger partial charge is 0.0616 e. The van der Waals surface area contributed by atoms with Gasteiger partial charge in [-0.25, -0.2) is 0 Å². The van der Waals surface area contributed by atoms with Crippen LogP contribution in [0.1, 0.15) is 0 Å². The van der Waals surface area contributed by atoms with Crippen LogP contribution in [0.3, 0.4) is 0 Å². The molecule has 9 rings (SSSR count). The second-order valence-corrected chi connectivity index (χ2v) is 9.31. The van der Waals surface area contributed by atoms with Gasteiger partial charge >= 0.3 is 0 Å². The van der Waals surface area contributed by atoms with Gasteiger partial charge in [0.15, 0.2) is 0 Å². The molecule has 0 nitrogen and oxygen atoms in total. The molecule has 0 saturated carbocycles. The Hall–Kier alpha value is -4.16. The third kappa shape index (κ3) is 1.60. The van der Waals surface area contributed by atoms with E-state index in [2.05, 4.69) is 97.1 Å². The predicted octanol–water partition coefficient (Wildman–Crippen LogP) is 9.23. The average Bonchev–Trinajstić information content (AvgIpc) is 2.84. The third-order valence-electron chi connectivity index (χ3n) is 7.82. The van der Waals surface area contributed by atoms with Crippen molar-refractivity contribution >= 4 is 86.2 Å². The van der Waals surface area contributed by atoms with Crippen LogP contribution in [0.15, 0.2) is 97.1 Å². The standard InChI is InChI=1S/C32H16/c1-2-7-23-18(4-1)14-22-16-21-9-8-20-15-19-6-3-5-17-10-11-25-26-13-12-24(23)28(22)32(26)30(21)29(20)31(25)27(17)19/h1-16H. The smallest absolute Gasteiger partial charge is 0.000784 e. The number of rotatable bonds is 0. The van der Waals surface area contributed by atoms with Crippen LogP contribution < -0.4 is 0 Å². The van der Waals surface area contributed by atoms with Gasteiger partial charge in [0.25, 0.3) is 0 Å². The number of fused-ring (bicyclic) bond motifs is 3. The summed E-state index contributed by atoms with van der Waals surface area (Å²) in [6.07, 6.45) is 0. The molecule has 0 spiro atoms. The fourth-order valence-electron chi connectivity index (χ4n) is 6.59. The van der Waals surface area contributed by atoms with E-state index in [9.17, 15) is 0 Å². The molecule has 0 N–H and O–H groups in total. The van der Waals surface area contributed by atoms with Crippen LogP contribution in [0.5, 0.6) is 0 Å². The molecule has 0 heterocycles. The zero-order valence-electron chi connectivity index (χ0n) is 17.2. The summed E-state index contributed by atoms with van der Waals surface area (Å²) in [6.45, 7) is 0. The van der Waals surface area contributed by atoms with E-state index < -0.39 is 0 Å². The van der Waals surface area contributed by atoms with E-state index in [1.807, 2.05) is 0 Å². The third-order valence-corrected chi connectivity index (χ3v) is 7.82. The van der Waals surface area contributed by atoms with Crippen LogP contribution >= 0.6 is 0 Å². The van der Waals surface area contributed by atoms with E-state index in [4.69, 9.17) is 0 Å². The predicted molar refractivity (Wildman–Crippen MR) is 140 cm³/mol. The Morgan fingerprint density at radius 1 is 0.250 bits per heavy atom. The molecule has 0 atom stereocenters. The summed E-state index contributed by atoms with van der Waals surface area (Å²) >= 11 is 0. The molecule has 0 unspecified atom stereocenters. The van der Waals surface area contributed by atoms with Gasteiger partial charge < -0.3 is 0 Å². The Morgan fingerprint density at radius 3 is 1.62 bits per heavy atom. The minimum Gasteiger partial charge on any atom is -0.0616 e. The molecule has 9 aromatic rings. The Kier molecular flexibility index (Phi) is 2.44. The quantitative estimate of drug-likeness (QED) is 0.176. The van der Waals surface area contributed by atoms with Gasteiger partial charge in [-0.3, -0.25) is 0 Å². The molecular formula is C32H16. The summed E-state index contributed by atoms with van der Waals surface area (Å²) in [6, 6.07) is 36.7. The highest BCUT2D eigenvalue weighted by molar-refractivity contribution is 6.46. The normalized spacial score (nSPS) is 13.0. The van der Waals surface area contributed by atoms with Crippen LogP contribution in [-0.4, -0.2) is 0 Å². The van der Waals surface area contributed by atoms with Gasteiger partial charge in [-0.15, -0.1) is 0 Å². The SMILES string of the molecule is c1ccc2c(c1)cc1cc3ccc4cc5cccc6ccc7c8ccc2c1c8c3c4c7c65. The summed E-state index contributed by atoms with van der Waals surface area (Å²) in [5.74, 6) is 0. The van der Waals surface area contributed by atoms with Gasteiger partial charge in [0.05, 0.1) is 0 Å². The highest BCUT2D eigenvalue weighted by Crippen LogP contribution is 2.49. The molecule has 0 aliphatic carbocycles. The molecule has 0 fully saturated rings. The lowest BCUT2D eigenvalue weighted by molar-refractivity contribution is 1.80. The first kappa shape index (κ1) is 15.6. The van der Waals surface area contributed by atoms with Crippen molar-refractivity contribution < 1.29 is 0 Å². The van der Waals surface area contributed by atoms with Crippen molar-refractivity contribution in [3.63, 3.8) is 0 Å². The maximum absolute atomic E-state index is 2.41. The Labute approximate surface area is 183 Å². The maximum atomic E-state index is 2.41. The van der Waals surface area contributed by atoms with Gasteiger partial charge in [-0.1, -0.05) is 78.9 Å².